The van der Waals surface area contributed by atoms with Crippen LogP contribution in [-0.2, 0) is 4.79 Å². The maximum Gasteiger partial charge on any atom is 0.251 e. The van der Waals surface area contributed by atoms with Crippen molar-refractivity contribution in [2.75, 3.05) is 18.4 Å². The highest BCUT2D eigenvalue weighted by molar-refractivity contribution is 5.98. The quantitative estimate of drug-likeness (QED) is 0.754. The Morgan fingerprint density at radius 3 is 2.50 bits per heavy atom. The molecule has 0 spiro atoms. The monoisotopic (exact) mass is 379 g/mol. The molecule has 1 aromatic rings. The molecule has 2 atom stereocenters. The molecule has 3 N–H and O–H groups in total. The number of rotatable bonds is 3. The molecule has 1 saturated carbocycles. The molecule has 0 radical (unpaired) electrons. The molecule has 1 heterocycles. The summed E-state index contributed by atoms with van der Waals surface area (Å²) >= 11 is 0. The molecule has 144 valence electrons. The van der Waals surface area contributed by atoms with Gasteiger partial charge in [0.2, 0.25) is 5.91 Å². The molecule has 5 nitrogen and oxygen atoms in total. The van der Waals surface area contributed by atoms with Gasteiger partial charge in [0.15, 0.2) is 0 Å². The molecular formula is C20H30ClN3O2. The molecule has 1 aromatic carbocycles. The maximum absolute atomic E-state index is 12.9. The first-order valence-electron chi connectivity index (χ1n) is 9.25. The van der Waals surface area contributed by atoms with E-state index in [0.29, 0.717) is 11.5 Å². The lowest BCUT2D eigenvalue weighted by Gasteiger charge is -2.37. The Hall–Kier alpha value is -1.59. The van der Waals surface area contributed by atoms with Crippen LogP contribution in [-0.4, -0.2) is 30.4 Å². The third-order valence-corrected chi connectivity index (χ3v) is 5.38. The lowest BCUT2D eigenvalue weighted by atomic mass is 9.67. The molecule has 3 rings (SSSR count). The standard InChI is InChI=1S/C20H29N3O2.ClH/c1-19(2,3)23-17(24)14-7-9-16(10-8-14)22-18(25)20-11-5-4-6-15(20)12-21-13-20;/h7-10,15,21H,4-6,11-13H2,1-3H3,(H,22,25)(H,23,24);1H/t15-,20+;/m0./s1. The minimum absolute atomic E-state index is 0. The fraction of sp³-hybridized carbons (Fsp3) is 0.600. The zero-order valence-corrected chi connectivity index (χ0v) is 16.7. The normalized spacial score (nSPS) is 25.0. The van der Waals surface area contributed by atoms with Gasteiger partial charge in [-0.05, 0) is 70.3 Å². The fourth-order valence-corrected chi connectivity index (χ4v) is 4.06. The number of fused-ring (bicyclic) bond motifs is 1. The van der Waals surface area contributed by atoms with Crippen molar-refractivity contribution in [1.82, 2.24) is 10.6 Å². The largest absolute Gasteiger partial charge is 0.347 e. The molecule has 2 aliphatic rings. The SMILES string of the molecule is CC(C)(C)NC(=O)c1ccc(NC(=O)[C@@]23CCCC[C@H]2CNC3)cc1.Cl. The molecular weight excluding hydrogens is 350 g/mol. The summed E-state index contributed by atoms with van der Waals surface area (Å²) in [7, 11) is 0. The van der Waals surface area contributed by atoms with E-state index < -0.39 is 0 Å². The summed E-state index contributed by atoms with van der Waals surface area (Å²) < 4.78 is 0. The third kappa shape index (κ3) is 4.38. The van der Waals surface area contributed by atoms with Gasteiger partial charge in [-0.25, -0.2) is 0 Å². The van der Waals surface area contributed by atoms with Crippen LogP contribution in [0.3, 0.4) is 0 Å². The van der Waals surface area contributed by atoms with Gasteiger partial charge in [-0.2, -0.15) is 0 Å². The molecule has 6 heteroatoms. The first-order valence-corrected chi connectivity index (χ1v) is 9.25. The van der Waals surface area contributed by atoms with E-state index in [0.717, 1.165) is 38.0 Å². The van der Waals surface area contributed by atoms with Crippen LogP contribution in [0.5, 0.6) is 0 Å². The Kier molecular flexibility index (Phi) is 6.35. The Morgan fingerprint density at radius 1 is 1.15 bits per heavy atom. The molecule has 0 aromatic heterocycles. The van der Waals surface area contributed by atoms with Crippen LogP contribution < -0.4 is 16.0 Å². The van der Waals surface area contributed by atoms with Crippen molar-refractivity contribution in [2.45, 2.75) is 52.0 Å². The van der Waals surface area contributed by atoms with Gasteiger partial charge in [-0.1, -0.05) is 12.8 Å². The Labute approximate surface area is 162 Å². The van der Waals surface area contributed by atoms with Crippen LogP contribution >= 0.6 is 12.4 Å². The van der Waals surface area contributed by atoms with E-state index in [4.69, 9.17) is 0 Å². The average Bonchev–Trinajstić information content (AvgIpc) is 2.99. The number of amides is 2. The van der Waals surface area contributed by atoms with Crippen LogP contribution in [0.15, 0.2) is 24.3 Å². The van der Waals surface area contributed by atoms with Gasteiger partial charge in [0, 0.05) is 23.3 Å². The third-order valence-electron chi connectivity index (χ3n) is 5.38. The van der Waals surface area contributed by atoms with E-state index >= 15 is 0 Å². The molecule has 1 aliphatic carbocycles. The number of halogens is 1. The van der Waals surface area contributed by atoms with Crippen molar-refractivity contribution in [2.24, 2.45) is 11.3 Å². The van der Waals surface area contributed by atoms with E-state index in [-0.39, 0.29) is 35.2 Å². The van der Waals surface area contributed by atoms with Crippen LogP contribution in [0.4, 0.5) is 5.69 Å². The number of carbonyl (C=O) groups excluding carboxylic acids is 2. The number of carbonyl (C=O) groups is 2. The Morgan fingerprint density at radius 2 is 1.85 bits per heavy atom. The first-order chi connectivity index (χ1) is 11.8. The molecule has 0 bridgehead atoms. The summed E-state index contributed by atoms with van der Waals surface area (Å²) in [6.07, 6.45) is 4.44. The van der Waals surface area contributed by atoms with Gasteiger partial charge in [0.25, 0.3) is 5.91 Å². The Bertz CT molecular complexity index is 654. The lowest BCUT2D eigenvalue weighted by Crippen LogP contribution is -2.44. The molecule has 1 aliphatic heterocycles. The van der Waals surface area contributed by atoms with Crippen molar-refractivity contribution < 1.29 is 9.59 Å². The van der Waals surface area contributed by atoms with Crippen LogP contribution in [0, 0.1) is 11.3 Å². The number of nitrogens with one attached hydrogen (secondary N) is 3. The van der Waals surface area contributed by atoms with Gasteiger partial charge in [-0.3, -0.25) is 9.59 Å². The zero-order chi connectivity index (χ0) is 18.1. The van der Waals surface area contributed by atoms with Crippen LogP contribution in [0.2, 0.25) is 0 Å². The van der Waals surface area contributed by atoms with Crippen molar-refractivity contribution in [1.29, 1.82) is 0 Å². The Balaban J connectivity index is 0.00000243. The maximum atomic E-state index is 12.9. The summed E-state index contributed by atoms with van der Waals surface area (Å²) in [5.74, 6) is 0.462. The highest BCUT2D eigenvalue weighted by Crippen LogP contribution is 2.44. The minimum Gasteiger partial charge on any atom is -0.347 e. The summed E-state index contributed by atoms with van der Waals surface area (Å²) in [6.45, 7) is 7.58. The van der Waals surface area contributed by atoms with Gasteiger partial charge in [0.05, 0.1) is 5.41 Å². The highest BCUT2D eigenvalue weighted by Gasteiger charge is 2.49. The van der Waals surface area contributed by atoms with Crippen molar-refractivity contribution in [3.63, 3.8) is 0 Å². The smallest absolute Gasteiger partial charge is 0.251 e. The molecule has 2 amide bonds. The van der Waals surface area contributed by atoms with Crippen LogP contribution in [0.25, 0.3) is 0 Å². The van der Waals surface area contributed by atoms with Gasteiger partial charge in [-0.15, -0.1) is 12.4 Å². The van der Waals surface area contributed by atoms with Crippen molar-refractivity contribution in [3.05, 3.63) is 29.8 Å². The zero-order valence-electron chi connectivity index (χ0n) is 15.9. The predicted octanol–water partition coefficient (Wildman–Crippen LogP) is 3.36. The second-order valence-electron chi connectivity index (χ2n) is 8.47. The number of benzene rings is 1. The van der Waals surface area contributed by atoms with E-state index in [2.05, 4.69) is 16.0 Å². The van der Waals surface area contributed by atoms with E-state index in [1.54, 1.807) is 12.1 Å². The second-order valence-corrected chi connectivity index (χ2v) is 8.47. The summed E-state index contributed by atoms with van der Waals surface area (Å²) in [5.41, 5.74) is 0.821. The molecule has 0 unspecified atom stereocenters. The van der Waals surface area contributed by atoms with Gasteiger partial charge in [0.1, 0.15) is 0 Å². The second kappa shape index (κ2) is 7.97. The lowest BCUT2D eigenvalue weighted by molar-refractivity contribution is -0.128. The number of anilines is 1. The molecule has 2 fully saturated rings. The van der Waals surface area contributed by atoms with E-state index in [9.17, 15) is 9.59 Å². The summed E-state index contributed by atoms with van der Waals surface area (Å²) in [4.78, 5) is 25.1. The summed E-state index contributed by atoms with van der Waals surface area (Å²) in [5, 5.41) is 9.42. The van der Waals surface area contributed by atoms with Gasteiger partial charge >= 0.3 is 0 Å². The molecule has 26 heavy (non-hydrogen) atoms. The molecule has 1 saturated heterocycles. The minimum atomic E-state index is -0.269. The van der Waals surface area contributed by atoms with E-state index in [1.807, 2.05) is 32.9 Å². The van der Waals surface area contributed by atoms with Crippen LogP contribution in [0.1, 0.15) is 56.8 Å². The van der Waals surface area contributed by atoms with Crippen molar-refractivity contribution >= 4 is 29.9 Å². The average molecular weight is 380 g/mol. The number of hydrogen-bond donors (Lipinski definition) is 3. The van der Waals surface area contributed by atoms with Crippen molar-refractivity contribution in [3.8, 4) is 0 Å². The topological polar surface area (TPSA) is 70.2 Å². The highest BCUT2D eigenvalue weighted by atomic mass is 35.5. The van der Waals surface area contributed by atoms with E-state index in [1.165, 1.54) is 6.42 Å². The first kappa shape index (κ1) is 20.7. The van der Waals surface area contributed by atoms with Gasteiger partial charge < -0.3 is 16.0 Å². The summed E-state index contributed by atoms with van der Waals surface area (Å²) in [6, 6.07) is 7.15. The predicted molar refractivity (Wildman–Crippen MR) is 107 cm³/mol. The fourth-order valence-electron chi connectivity index (χ4n) is 4.06. The number of hydrogen-bond acceptors (Lipinski definition) is 3.